The van der Waals surface area contributed by atoms with Crippen molar-refractivity contribution in [3.63, 3.8) is 0 Å². The monoisotopic (exact) mass is 473 g/mol. The Hall–Kier alpha value is -2.22. The van der Waals surface area contributed by atoms with Crippen LogP contribution in [0.1, 0.15) is 30.0 Å². The van der Waals surface area contributed by atoms with Gasteiger partial charge >= 0.3 is 0 Å². The molecule has 1 aromatic carbocycles. The average Bonchev–Trinajstić information content (AvgIpc) is 3.51. The fourth-order valence-corrected chi connectivity index (χ4v) is 4.90. The Morgan fingerprint density at radius 1 is 1.25 bits per heavy atom. The molecule has 0 N–H and O–H groups in total. The van der Waals surface area contributed by atoms with E-state index < -0.39 is 0 Å². The lowest BCUT2D eigenvalue weighted by Gasteiger charge is -2.17. The standard InChI is InChI=1S/C24H28ClN3O3S/c1-16-17(2)28(14-20-5-4-12-30-20)24(26-16)32-15-23(29)27(3)13-21-10-11-22(31-21)18-6-8-19(25)9-7-18/h6-11,20H,4-5,12-15H2,1-3H3. The number of carbonyl (C=O) groups excluding carboxylic acids is 1. The van der Waals surface area contributed by atoms with Gasteiger partial charge in [-0.3, -0.25) is 4.79 Å². The maximum absolute atomic E-state index is 12.8. The van der Waals surface area contributed by atoms with E-state index in [0.717, 1.165) is 59.6 Å². The summed E-state index contributed by atoms with van der Waals surface area (Å²) in [4.78, 5) is 19.1. The Labute approximate surface area is 197 Å². The molecule has 32 heavy (non-hydrogen) atoms. The Bertz CT molecular complexity index is 1070. The molecule has 1 atom stereocenters. The van der Waals surface area contributed by atoms with Gasteiger partial charge in [-0.25, -0.2) is 4.98 Å². The Balaban J connectivity index is 1.34. The molecule has 0 aliphatic carbocycles. The molecule has 4 rings (SSSR count). The molecule has 1 amide bonds. The zero-order chi connectivity index (χ0) is 22.7. The highest BCUT2D eigenvalue weighted by atomic mass is 35.5. The van der Waals surface area contributed by atoms with Gasteiger partial charge in [-0.05, 0) is 63.1 Å². The van der Waals surface area contributed by atoms with Crippen molar-refractivity contribution >= 4 is 29.3 Å². The molecule has 0 spiro atoms. The first-order valence-electron chi connectivity index (χ1n) is 10.8. The van der Waals surface area contributed by atoms with E-state index in [2.05, 4.69) is 16.5 Å². The fraction of sp³-hybridized carbons (Fsp3) is 0.417. The third kappa shape index (κ3) is 5.39. The molecule has 3 aromatic rings. The van der Waals surface area contributed by atoms with Crippen LogP contribution in [0.3, 0.4) is 0 Å². The second-order valence-corrected chi connectivity index (χ2v) is 9.50. The van der Waals surface area contributed by atoms with Gasteiger partial charge in [-0.1, -0.05) is 23.4 Å². The lowest BCUT2D eigenvalue weighted by Crippen LogP contribution is -2.27. The summed E-state index contributed by atoms with van der Waals surface area (Å²) < 4.78 is 13.9. The van der Waals surface area contributed by atoms with Gasteiger partial charge in [0.2, 0.25) is 5.91 Å². The number of benzene rings is 1. The van der Waals surface area contributed by atoms with E-state index >= 15 is 0 Å². The number of rotatable bonds is 8. The van der Waals surface area contributed by atoms with Gasteiger partial charge in [-0.2, -0.15) is 0 Å². The highest BCUT2D eigenvalue weighted by Gasteiger charge is 2.21. The van der Waals surface area contributed by atoms with Gasteiger partial charge in [0.15, 0.2) is 5.16 Å². The largest absolute Gasteiger partial charge is 0.459 e. The lowest BCUT2D eigenvalue weighted by molar-refractivity contribution is -0.127. The number of ether oxygens (including phenoxy) is 1. The van der Waals surface area contributed by atoms with Crippen molar-refractivity contribution in [3.05, 3.63) is 58.6 Å². The SMILES string of the molecule is Cc1nc(SCC(=O)N(C)Cc2ccc(-c3ccc(Cl)cc3)o2)n(CC2CCCO2)c1C. The van der Waals surface area contributed by atoms with Crippen LogP contribution in [0.15, 0.2) is 46.0 Å². The molecule has 6 nitrogen and oxygen atoms in total. The molecule has 1 aliphatic rings. The molecule has 0 saturated carbocycles. The van der Waals surface area contributed by atoms with Crippen LogP contribution in [0.2, 0.25) is 5.02 Å². The van der Waals surface area contributed by atoms with Crippen LogP contribution >= 0.6 is 23.4 Å². The zero-order valence-corrected chi connectivity index (χ0v) is 20.2. The fourth-order valence-electron chi connectivity index (χ4n) is 3.73. The quantitative estimate of drug-likeness (QED) is 0.413. The number of aromatic nitrogens is 2. The molecule has 8 heteroatoms. The van der Waals surface area contributed by atoms with Crippen LogP contribution in [0.4, 0.5) is 0 Å². The lowest BCUT2D eigenvalue weighted by atomic mass is 10.2. The number of nitrogens with zero attached hydrogens (tertiary/aromatic N) is 3. The van der Waals surface area contributed by atoms with Crippen molar-refractivity contribution in [1.29, 1.82) is 0 Å². The van der Waals surface area contributed by atoms with E-state index in [1.807, 2.05) is 43.3 Å². The van der Waals surface area contributed by atoms with Crippen molar-refractivity contribution < 1.29 is 13.9 Å². The predicted molar refractivity (Wildman–Crippen MR) is 127 cm³/mol. The number of hydrogen-bond acceptors (Lipinski definition) is 5. The number of thioether (sulfide) groups is 1. The maximum atomic E-state index is 12.8. The third-order valence-corrected chi connectivity index (χ3v) is 6.98. The molecule has 0 radical (unpaired) electrons. The van der Waals surface area contributed by atoms with Crippen LogP contribution in [-0.2, 0) is 22.6 Å². The van der Waals surface area contributed by atoms with Crippen molar-refractivity contribution in [2.75, 3.05) is 19.4 Å². The summed E-state index contributed by atoms with van der Waals surface area (Å²) in [6, 6.07) is 11.3. The molecule has 1 fully saturated rings. The number of furan rings is 1. The first-order chi connectivity index (χ1) is 15.4. The number of aryl methyl sites for hydroxylation is 1. The highest BCUT2D eigenvalue weighted by Crippen LogP contribution is 2.26. The summed E-state index contributed by atoms with van der Waals surface area (Å²) in [5, 5.41) is 1.56. The minimum atomic E-state index is 0.0291. The second kappa shape index (κ2) is 10.1. The van der Waals surface area contributed by atoms with Crippen LogP contribution in [-0.4, -0.2) is 45.9 Å². The van der Waals surface area contributed by atoms with Crippen LogP contribution in [0, 0.1) is 13.8 Å². The van der Waals surface area contributed by atoms with Gasteiger partial charge in [0.25, 0.3) is 0 Å². The molecular weight excluding hydrogens is 446 g/mol. The van der Waals surface area contributed by atoms with E-state index in [0.29, 0.717) is 17.3 Å². The maximum Gasteiger partial charge on any atom is 0.233 e. The number of carbonyl (C=O) groups is 1. The molecule has 3 heterocycles. The van der Waals surface area contributed by atoms with Crippen molar-refractivity contribution in [2.45, 2.75) is 51.0 Å². The van der Waals surface area contributed by atoms with Crippen LogP contribution < -0.4 is 0 Å². The van der Waals surface area contributed by atoms with Gasteiger partial charge < -0.3 is 18.6 Å². The molecule has 0 bridgehead atoms. The summed E-state index contributed by atoms with van der Waals surface area (Å²) in [5.74, 6) is 1.85. The van der Waals surface area contributed by atoms with E-state index in [4.69, 9.17) is 20.8 Å². The first kappa shape index (κ1) is 23.0. The predicted octanol–water partition coefficient (Wildman–Crippen LogP) is 5.34. The van der Waals surface area contributed by atoms with Crippen molar-refractivity contribution in [1.82, 2.24) is 14.5 Å². The third-order valence-electron chi connectivity index (χ3n) is 5.77. The van der Waals surface area contributed by atoms with Crippen molar-refractivity contribution in [3.8, 4) is 11.3 Å². The van der Waals surface area contributed by atoms with Crippen molar-refractivity contribution in [2.24, 2.45) is 0 Å². The minimum absolute atomic E-state index is 0.0291. The van der Waals surface area contributed by atoms with Gasteiger partial charge in [0.1, 0.15) is 11.5 Å². The molecule has 2 aromatic heterocycles. The Morgan fingerprint density at radius 2 is 2.03 bits per heavy atom. The Kier molecular flexibility index (Phi) is 7.28. The number of hydrogen-bond donors (Lipinski definition) is 0. The van der Waals surface area contributed by atoms with E-state index in [-0.39, 0.29) is 12.0 Å². The second-order valence-electron chi connectivity index (χ2n) is 8.12. The molecule has 1 aliphatic heterocycles. The molecule has 1 unspecified atom stereocenters. The van der Waals surface area contributed by atoms with Crippen LogP contribution in [0.5, 0.6) is 0 Å². The first-order valence-corrected chi connectivity index (χ1v) is 12.1. The summed E-state index contributed by atoms with van der Waals surface area (Å²) in [6.45, 7) is 6.11. The number of halogens is 1. The molecule has 170 valence electrons. The summed E-state index contributed by atoms with van der Waals surface area (Å²) in [6.07, 6.45) is 2.41. The van der Waals surface area contributed by atoms with E-state index in [1.165, 1.54) is 11.8 Å². The highest BCUT2D eigenvalue weighted by molar-refractivity contribution is 7.99. The van der Waals surface area contributed by atoms with E-state index in [9.17, 15) is 4.79 Å². The topological polar surface area (TPSA) is 60.5 Å². The zero-order valence-electron chi connectivity index (χ0n) is 18.6. The van der Waals surface area contributed by atoms with Crippen LogP contribution in [0.25, 0.3) is 11.3 Å². The minimum Gasteiger partial charge on any atom is -0.459 e. The summed E-state index contributed by atoms with van der Waals surface area (Å²) in [7, 11) is 1.79. The number of imidazole rings is 1. The summed E-state index contributed by atoms with van der Waals surface area (Å²) in [5.41, 5.74) is 3.08. The van der Waals surface area contributed by atoms with Gasteiger partial charge in [0.05, 0.1) is 30.6 Å². The van der Waals surface area contributed by atoms with E-state index in [1.54, 1.807) is 11.9 Å². The average molecular weight is 474 g/mol. The van der Waals surface area contributed by atoms with Gasteiger partial charge in [-0.15, -0.1) is 0 Å². The normalized spacial score (nSPS) is 15.9. The molecular formula is C24H28ClN3O3S. The smallest absolute Gasteiger partial charge is 0.233 e. The Morgan fingerprint density at radius 3 is 2.75 bits per heavy atom. The van der Waals surface area contributed by atoms with Gasteiger partial charge in [0, 0.05) is 29.9 Å². The summed E-state index contributed by atoms with van der Waals surface area (Å²) >= 11 is 7.43. The molecule has 1 saturated heterocycles. The number of amides is 1.